The van der Waals surface area contributed by atoms with Crippen molar-refractivity contribution in [2.75, 3.05) is 23.9 Å². The minimum Gasteiger partial charge on any atom is -0.426 e. The molecule has 0 bridgehead atoms. The molecule has 8 nitrogen and oxygen atoms in total. The van der Waals surface area contributed by atoms with Crippen molar-refractivity contribution in [2.45, 2.75) is 37.7 Å². The number of rotatable bonds is 7. The zero-order valence-electron chi connectivity index (χ0n) is 17.8. The maximum atomic E-state index is 12.6. The first-order valence-electron chi connectivity index (χ1n) is 10.2. The van der Waals surface area contributed by atoms with Gasteiger partial charge in [-0.05, 0) is 24.3 Å². The van der Waals surface area contributed by atoms with Crippen LogP contribution in [0, 0.1) is 5.92 Å². The lowest BCUT2D eigenvalue weighted by Crippen LogP contribution is -2.49. The molecule has 35 heavy (non-hydrogen) atoms. The maximum absolute atomic E-state index is 12.6. The predicted octanol–water partition coefficient (Wildman–Crippen LogP) is 4.41. The van der Waals surface area contributed by atoms with Crippen LogP contribution in [-0.4, -0.2) is 66.6 Å². The van der Waals surface area contributed by atoms with Crippen LogP contribution in [-0.2, 0) is 22.4 Å². The Bertz CT molecular complexity index is 999. The second-order valence-electron chi connectivity index (χ2n) is 7.77. The molecule has 2 aromatic rings. The number of alkyl halides is 6. The molecule has 3 rings (SSSR count). The summed E-state index contributed by atoms with van der Waals surface area (Å²) in [4.78, 5) is 12.7. The molecule has 2 heterocycles. The van der Waals surface area contributed by atoms with Crippen molar-refractivity contribution in [1.29, 1.82) is 0 Å². The summed E-state index contributed by atoms with van der Waals surface area (Å²) >= 11 is -1.60. The Kier molecular flexibility index (Phi) is 8.58. The third-order valence-corrected chi connectivity index (χ3v) is 6.54. The Morgan fingerprint density at radius 2 is 1.74 bits per heavy atom. The summed E-state index contributed by atoms with van der Waals surface area (Å²) in [5.74, 6) is -0.0813. The van der Waals surface area contributed by atoms with Gasteiger partial charge in [0.25, 0.3) is 17.4 Å². The van der Waals surface area contributed by atoms with Crippen LogP contribution < -0.4 is 4.31 Å². The number of anilines is 1. The number of carbonyl (C=O) groups is 1. The van der Waals surface area contributed by atoms with E-state index in [1.165, 1.54) is 0 Å². The molecule has 1 amide bonds. The lowest BCUT2D eigenvalue weighted by molar-refractivity contribution is -0.308. The number of halogens is 6. The summed E-state index contributed by atoms with van der Waals surface area (Å²) in [6.45, 7) is -0.332. The standard InChI is InChI=1S/C19H20F6N4O4S2/c20-18(21,22)16(19(23,24)25)33-17(30)28-8-6-13(7-9-28)11-29(35(31)32)15-14(26-34-27-15)10-12-4-2-1-3-5-12/h1-5,13,16H,6-11H2,(H,31,32). The van der Waals surface area contributed by atoms with Crippen molar-refractivity contribution in [1.82, 2.24) is 13.6 Å². The smallest absolute Gasteiger partial charge is 0.426 e. The molecule has 0 radical (unpaired) electrons. The number of ether oxygens (including phenoxy) is 1. The summed E-state index contributed by atoms with van der Waals surface area (Å²) in [6.07, 6.45) is -16.8. The van der Waals surface area contributed by atoms with Gasteiger partial charge in [-0.2, -0.15) is 35.1 Å². The Morgan fingerprint density at radius 1 is 1.14 bits per heavy atom. The average molecular weight is 547 g/mol. The van der Waals surface area contributed by atoms with E-state index in [9.17, 15) is 39.9 Å². The zero-order chi connectivity index (χ0) is 25.8. The van der Waals surface area contributed by atoms with Crippen molar-refractivity contribution in [2.24, 2.45) is 5.92 Å². The largest absolute Gasteiger partial charge is 0.434 e. The normalized spacial score (nSPS) is 16.4. The molecule has 16 heteroatoms. The van der Waals surface area contributed by atoms with Crippen molar-refractivity contribution >= 4 is 34.9 Å². The number of likely N-dealkylation sites (tertiary alicyclic amines) is 1. The fraction of sp³-hybridized carbons (Fsp3) is 0.526. The number of piperidine rings is 1. The molecule has 1 aliphatic rings. The molecule has 194 valence electrons. The molecule has 1 unspecified atom stereocenters. The van der Waals surface area contributed by atoms with Crippen LogP contribution in [0.15, 0.2) is 30.3 Å². The van der Waals surface area contributed by atoms with Crippen LogP contribution in [0.3, 0.4) is 0 Å². The van der Waals surface area contributed by atoms with Gasteiger partial charge in [0.2, 0.25) is 0 Å². The number of aromatic nitrogens is 2. The first kappa shape index (κ1) is 27.1. The highest BCUT2D eigenvalue weighted by atomic mass is 32.2. The molecule has 1 saturated heterocycles. The highest BCUT2D eigenvalue weighted by Crippen LogP contribution is 2.36. The van der Waals surface area contributed by atoms with Crippen LogP contribution in [0.1, 0.15) is 24.1 Å². The molecule has 1 aromatic heterocycles. The quantitative estimate of drug-likeness (QED) is 0.408. The summed E-state index contributed by atoms with van der Waals surface area (Å²) < 4.78 is 111. The second-order valence-corrected chi connectivity index (χ2v) is 9.20. The third-order valence-electron chi connectivity index (χ3n) is 5.29. The summed E-state index contributed by atoms with van der Waals surface area (Å²) in [6, 6.07) is 9.23. The minimum atomic E-state index is -5.79. The van der Waals surface area contributed by atoms with Gasteiger partial charge >= 0.3 is 18.4 Å². The highest BCUT2D eigenvalue weighted by molar-refractivity contribution is 7.80. The molecular weight excluding hydrogens is 526 g/mol. The minimum absolute atomic E-state index is 0.0208. The van der Waals surface area contributed by atoms with Gasteiger partial charge in [0.15, 0.2) is 5.82 Å². The Morgan fingerprint density at radius 3 is 2.29 bits per heavy atom. The lowest BCUT2D eigenvalue weighted by atomic mass is 9.97. The molecule has 1 aliphatic heterocycles. The number of amides is 1. The van der Waals surface area contributed by atoms with Crippen LogP contribution in [0.25, 0.3) is 0 Å². The fourth-order valence-electron chi connectivity index (χ4n) is 3.54. The van der Waals surface area contributed by atoms with Crippen LogP contribution in [0.4, 0.5) is 37.0 Å². The number of hydrogen-bond donors (Lipinski definition) is 1. The maximum Gasteiger partial charge on any atom is 0.434 e. The SMILES string of the molecule is O=C(OC(C(F)(F)F)C(F)(F)F)N1CCC(CN(c2nsnc2Cc2ccccc2)S(=O)O)CC1. The number of hydrogen-bond acceptors (Lipinski definition) is 6. The van der Waals surface area contributed by atoms with Gasteiger partial charge in [0.05, 0.1) is 11.7 Å². The van der Waals surface area contributed by atoms with E-state index in [1.807, 2.05) is 30.3 Å². The second kappa shape index (κ2) is 11.1. The molecule has 1 fully saturated rings. The van der Waals surface area contributed by atoms with Gasteiger partial charge in [-0.3, -0.25) is 4.55 Å². The first-order valence-corrected chi connectivity index (χ1v) is 12.0. The molecule has 1 aromatic carbocycles. The topological polar surface area (TPSA) is 95.9 Å². The van der Waals surface area contributed by atoms with Crippen molar-refractivity contribution in [3.8, 4) is 0 Å². The number of benzene rings is 1. The summed E-state index contributed by atoms with van der Waals surface area (Å²) in [5, 5.41) is 0. The molecule has 0 saturated carbocycles. The van der Waals surface area contributed by atoms with E-state index < -0.39 is 35.8 Å². The molecule has 1 atom stereocenters. The van der Waals surface area contributed by atoms with Crippen LogP contribution in [0.2, 0.25) is 0 Å². The third kappa shape index (κ3) is 7.27. The Hall–Kier alpha value is -2.46. The van der Waals surface area contributed by atoms with Crippen molar-refractivity contribution in [3.05, 3.63) is 41.6 Å². The predicted molar refractivity (Wildman–Crippen MR) is 114 cm³/mol. The van der Waals surface area contributed by atoms with E-state index in [-0.39, 0.29) is 44.2 Å². The first-order chi connectivity index (χ1) is 16.4. The summed E-state index contributed by atoms with van der Waals surface area (Å²) in [5.41, 5.74) is 1.39. The van der Waals surface area contributed by atoms with Crippen molar-refractivity contribution < 1.29 is 44.6 Å². The summed E-state index contributed by atoms with van der Waals surface area (Å²) in [7, 11) is 0. The van der Waals surface area contributed by atoms with E-state index in [4.69, 9.17) is 0 Å². The van der Waals surface area contributed by atoms with Gasteiger partial charge in [-0.25, -0.2) is 13.3 Å². The van der Waals surface area contributed by atoms with Crippen molar-refractivity contribution in [3.63, 3.8) is 0 Å². The Labute approximate surface area is 202 Å². The van der Waals surface area contributed by atoms with Gasteiger partial charge in [0, 0.05) is 26.1 Å². The lowest BCUT2D eigenvalue weighted by Gasteiger charge is -2.34. The fourth-order valence-corrected chi connectivity index (χ4v) is 4.79. The monoisotopic (exact) mass is 546 g/mol. The number of nitrogens with zero attached hydrogens (tertiary/aromatic N) is 4. The van der Waals surface area contributed by atoms with E-state index >= 15 is 0 Å². The van der Waals surface area contributed by atoms with Crippen LogP contribution in [0.5, 0.6) is 0 Å². The van der Waals surface area contributed by atoms with Gasteiger partial charge in [-0.15, -0.1) is 0 Å². The van der Waals surface area contributed by atoms with Gasteiger partial charge in [-0.1, -0.05) is 30.3 Å². The van der Waals surface area contributed by atoms with Crippen LogP contribution >= 0.6 is 11.7 Å². The average Bonchev–Trinajstić information content (AvgIpc) is 3.22. The molecular formula is C19H20F6N4O4S2. The van der Waals surface area contributed by atoms with E-state index in [2.05, 4.69) is 13.5 Å². The molecule has 0 spiro atoms. The van der Waals surface area contributed by atoms with Gasteiger partial charge < -0.3 is 9.64 Å². The zero-order valence-corrected chi connectivity index (χ0v) is 19.5. The molecule has 1 N–H and O–H groups in total. The number of carbonyl (C=O) groups excluding carboxylic acids is 1. The Balaban J connectivity index is 1.61. The molecule has 0 aliphatic carbocycles. The van der Waals surface area contributed by atoms with E-state index in [1.54, 1.807) is 0 Å². The van der Waals surface area contributed by atoms with E-state index in [0.29, 0.717) is 12.1 Å². The van der Waals surface area contributed by atoms with E-state index in [0.717, 1.165) is 26.5 Å². The highest BCUT2D eigenvalue weighted by Gasteiger charge is 2.60. The van der Waals surface area contributed by atoms with Gasteiger partial charge in [0.1, 0.15) is 5.69 Å².